The number of aromatic hydroxyl groups is 1. The lowest BCUT2D eigenvalue weighted by Crippen LogP contribution is -2.19. The summed E-state index contributed by atoms with van der Waals surface area (Å²) in [6.45, 7) is 0.203. The molecular weight excluding hydrogens is 300 g/mol. The Morgan fingerprint density at radius 3 is 2.80 bits per heavy atom. The Bertz CT molecular complexity index is 715. The Kier molecular flexibility index (Phi) is 4.46. The highest BCUT2D eigenvalue weighted by Crippen LogP contribution is 2.25. The molecule has 1 N–H and O–H groups in total. The highest BCUT2D eigenvalue weighted by Gasteiger charge is 2.11. The summed E-state index contributed by atoms with van der Waals surface area (Å²) in [5.74, 6) is -0.426. The van der Waals surface area contributed by atoms with Crippen molar-refractivity contribution >= 4 is 29.1 Å². The zero-order chi connectivity index (χ0) is 14.7. The predicted octanol–water partition coefficient (Wildman–Crippen LogP) is 3.38. The van der Waals surface area contributed by atoms with Crippen LogP contribution in [0.5, 0.6) is 5.75 Å². The fourth-order valence-corrected chi connectivity index (χ4v) is 2.39. The number of benzene rings is 1. The zero-order valence-electron chi connectivity index (χ0n) is 10.5. The molecule has 0 bridgehead atoms. The molecule has 0 aliphatic heterocycles. The Morgan fingerprint density at radius 1 is 1.40 bits per heavy atom. The molecule has 0 atom stereocenters. The van der Waals surface area contributed by atoms with Crippen LogP contribution in [0.2, 0.25) is 5.02 Å². The molecule has 2 aromatic rings. The third-order valence-corrected chi connectivity index (χ3v) is 3.90. The van der Waals surface area contributed by atoms with E-state index in [1.54, 1.807) is 17.8 Å². The number of rotatable bonds is 4. The summed E-state index contributed by atoms with van der Waals surface area (Å²) >= 11 is 7.66. The second-order valence-electron chi connectivity index (χ2n) is 4.03. The molecule has 5 nitrogen and oxygen atoms in total. The van der Waals surface area contributed by atoms with Crippen molar-refractivity contribution in [1.82, 2.24) is 4.57 Å². The smallest absolute Gasteiger partial charge is 0.284 e. The van der Waals surface area contributed by atoms with Crippen LogP contribution in [0.15, 0.2) is 45.3 Å². The molecule has 0 radical (unpaired) electrons. The standard InChI is InChI=1S/C13H11ClN2O3S/c1-20-9-2-3-10(14)8(6-9)7-16-5-4-11(17)12(15-19)13(16)18/h2-6,17H,7H2,1H3. The summed E-state index contributed by atoms with van der Waals surface area (Å²) in [7, 11) is 0. The van der Waals surface area contributed by atoms with Crippen molar-refractivity contribution in [2.45, 2.75) is 11.4 Å². The van der Waals surface area contributed by atoms with Crippen LogP contribution in [0, 0.1) is 4.91 Å². The minimum Gasteiger partial charge on any atom is -0.505 e. The summed E-state index contributed by atoms with van der Waals surface area (Å²) in [5, 5.41) is 12.5. The van der Waals surface area contributed by atoms with E-state index in [1.807, 2.05) is 18.4 Å². The van der Waals surface area contributed by atoms with Crippen LogP contribution in [0.1, 0.15) is 5.56 Å². The van der Waals surface area contributed by atoms with E-state index < -0.39 is 17.0 Å². The Morgan fingerprint density at radius 2 is 2.15 bits per heavy atom. The first kappa shape index (κ1) is 14.6. The van der Waals surface area contributed by atoms with Crippen molar-refractivity contribution in [3.05, 3.63) is 56.3 Å². The number of hydrogen-bond donors (Lipinski definition) is 1. The van der Waals surface area contributed by atoms with Crippen molar-refractivity contribution < 1.29 is 5.11 Å². The zero-order valence-corrected chi connectivity index (χ0v) is 12.1. The van der Waals surface area contributed by atoms with Gasteiger partial charge in [-0.15, -0.1) is 16.7 Å². The van der Waals surface area contributed by atoms with Crippen LogP contribution in [-0.2, 0) is 6.54 Å². The lowest BCUT2D eigenvalue weighted by Gasteiger charge is -2.09. The minimum absolute atomic E-state index is 0.203. The minimum atomic E-state index is -0.648. The summed E-state index contributed by atoms with van der Waals surface area (Å²) < 4.78 is 1.28. The van der Waals surface area contributed by atoms with Gasteiger partial charge in [0.15, 0.2) is 5.75 Å². The van der Waals surface area contributed by atoms with Gasteiger partial charge in [0.25, 0.3) is 5.56 Å². The van der Waals surface area contributed by atoms with Gasteiger partial charge in [0.05, 0.1) is 6.54 Å². The molecule has 104 valence electrons. The molecule has 0 amide bonds. The van der Waals surface area contributed by atoms with Gasteiger partial charge in [-0.3, -0.25) is 4.79 Å². The molecular formula is C13H11ClN2O3S. The normalized spacial score (nSPS) is 10.5. The van der Waals surface area contributed by atoms with E-state index in [4.69, 9.17) is 11.6 Å². The number of pyridine rings is 1. The fourth-order valence-electron chi connectivity index (χ4n) is 1.75. The molecule has 0 aliphatic carbocycles. The van der Waals surface area contributed by atoms with Crippen LogP contribution in [0.25, 0.3) is 0 Å². The molecule has 1 heterocycles. The molecule has 0 unspecified atom stereocenters. The lowest BCUT2D eigenvalue weighted by atomic mass is 10.2. The monoisotopic (exact) mass is 310 g/mol. The van der Waals surface area contributed by atoms with Crippen molar-refractivity contribution in [1.29, 1.82) is 0 Å². The summed E-state index contributed by atoms with van der Waals surface area (Å²) in [6, 6.07) is 6.77. The summed E-state index contributed by atoms with van der Waals surface area (Å²) in [4.78, 5) is 23.5. The summed E-state index contributed by atoms with van der Waals surface area (Å²) in [6.07, 6.45) is 3.34. The highest BCUT2D eigenvalue weighted by molar-refractivity contribution is 7.98. The molecule has 0 saturated carbocycles. The Balaban J connectivity index is 2.45. The van der Waals surface area contributed by atoms with Gasteiger partial charge < -0.3 is 9.67 Å². The molecule has 0 aliphatic rings. The molecule has 2 rings (SSSR count). The van der Waals surface area contributed by atoms with E-state index in [0.29, 0.717) is 5.02 Å². The number of aromatic nitrogens is 1. The first-order valence-electron chi connectivity index (χ1n) is 5.65. The topological polar surface area (TPSA) is 71.7 Å². The molecule has 7 heteroatoms. The van der Waals surface area contributed by atoms with Crippen molar-refractivity contribution in [3.8, 4) is 5.75 Å². The maximum absolute atomic E-state index is 12.0. The third kappa shape index (κ3) is 2.86. The molecule has 1 aromatic carbocycles. The Hall–Kier alpha value is -1.79. The van der Waals surface area contributed by atoms with Gasteiger partial charge in [0.1, 0.15) is 0 Å². The number of thioether (sulfide) groups is 1. The fraction of sp³-hybridized carbons (Fsp3) is 0.154. The van der Waals surface area contributed by atoms with Crippen molar-refractivity contribution in [2.24, 2.45) is 5.18 Å². The van der Waals surface area contributed by atoms with Gasteiger partial charge in [0.2, 0.25) is 5.69 Å². The van der Waals surface area contributed by atoms with Crippen molar-refractivity contribution in [3.63, 3.8) is 0 Å². The lowest BCUT2D eigenvalue weighted by molar-refractivity contribution is 0.473. The highest BCUT2D eigenvalue weighted by atomic mass is 35.5. The van der Waals surface area contributed by atoms with Crippen LogP contribution in [-0.4, -0.2) is 15.9 Å². The van der Waals surface area contributed by atoms with Gasteiger partial charge in [-0.2, -0.15) is 0 Å². The van der Waals surface area contributed by atoms with Gasteiger partial charge in [-0.25, -0.2) is 0 Å². The van der Waals surface area contributed by atoms with E-state index >= 15 is 0 Å². The largest absolute Gasteiger partial charge is 0.505 e. The molecule has 1 aromatic heterocycles. The molecule has 20 heavy (non-hydrogen) atoms. The average Bonchev–Trinajstić information content (AvgIpc) is 2.44. The second kappa shape index (κ2) is 6.11. The first-order chi connectivity index (χ1) is 9.56. The quantitative estimate of drug-likeness (QED) is 0.694. The molecule has 0 spiro atoms. The number of nitroso groups, excluding NO2 is 1. The van der Waals surface area contributed by atoms with E-state index in [9.17, 15) is 14.8 Å². The predicted molar refractivity (Wildman–Crippen MR) is 80.2 cm³/mol. The van der Waals surface area contributed by atoms with Gasteiger partial charge in [-0.1, -0.05) is 11.6 Å². The van der Waals surface area contributed by atoms with Crippen LogP contribution >= 0.6 is 23.4 Å². The van der Waals surface area contributed by atoms with Crippen molar-refractivity contribution in [2.75, 3.05) is 6.26 Å². The van der Waals surface area contributed by atoms with E-state index in [1.165, 1.54) is 16.8 Å². The number of halogens is 1. The van der Waals surface area contributed by atoms with E-state index in [2.05, 4.69) is 5.18 Å². The SMILES string of the molecule is CSc1ccc(Cl)c(Cn2ccc(O)c(N=O)c2=O)c1. The molecule has 0 saturated heterocycles. The number of nitrogens with zero attached hydrogens (tertiary/aromatic N) is 2. The van der Waals surface area contributed by atoms with Gasteiger partial charge in [-0.05, 0) is 41.3 Å². The van der Waals surface area contributed by atoms with Gasteiger partial charge >= 0.3 is 0 Å². The Labute approximate surface area is 124 Å². The van der Waals surface area contributed by atoms with E-state index in [-0.39, 0.29) is 6.54 Å². The first-order valence-corrected chi connectivity index (χ1v) is 7.25. The van der Waals surface area contributed by atoms with Crippen LogP contribution in [0.4, 0.5) is 5.69 Å². The number of hydrogen-bond acceptors (Lipinski definition) is 5. The van der Waals surface area contributed by atoms with Crippen LogP contribution in [0.3, 0.4) is 0 Å². The van der Waals surface area contributed by atoms with Gasteiger partial charge in [0, 0.05) is 16.1 Å². The summed E-state index contributed by atoms with van der Waals surface area (Å²) in [5.41, 5.74) is -0.390. The third-order valence-electron chi connectivity index (χ3n) is 2.80. The van der Waals surface area contributed by atoms with E-state index in [0.717, 1.165) is 10.5 Å². The van der Waals surface area contributed by atoms with Crippen LogP contribution < -0.4 is 5.56 Å². The molecule has 0 fully saturated rings. The maximum Gasteiger partial charge on any atom is 0.284 e. The second-order valence-corrected chi connectivity index (χ2v) is 5.32. The maximum atomic E-state index is 12.0. The average molecular weight is 311 g/mol.